The van der Waals surface area contributed by atoms with E-state index in [-0.39, 0.29) is 16.9 Å². The van der Waals surface area contributed by atoms with Crippen molar-refractivity contribution in [2.75, 3.05) is 6.54 Å². The van der Waals surface area contributed by atoms with Crippen molar-refractivity contribution in [3.63, 3.8) is 0 Å². The summed E-state index contributed by atoms with van der Waals surface area (Å²) in [6, 6.07) is 7.03. The Bertz CT molecular complexity index is 499. The number of hydrogen-bond acceptors (Lipinski definition) is 2. The van der Waals surface area contributed by atoms with Crippen LogP contribution in [0.25, 0.3) is 0 Å². The van der Waals surface area contributed by atoms with Gasteiger partial charge in [0.05, 0.1) is 11.1 Å². The molecule has 0 saturated heterocycles. The molecule has 1 heterocycles. The molecule has 0 radical (unpaired) electrons. The van der Waals surface area contributed by atoms with Gasteiger partial charge in [-0.3, -0.25) is 0 Å². The van der Waals surface area contributed by atoms with Gasteiger partial charge in [0, 0.05) is 5.56 Å². The minimum Gasteiger partial charge on any atom is -0.306 e. The van der Waals surface area contributed by atoms with Gasteiger partial charge in [-0.1, -0.05) is 30.7 Å². The molecule has 1 N–H and O–H groups in total. The number of halogens is 2. The lowest BCUT2D eigenvalue weighted by molar-refractivity contribution is 0.548. The second-order valence-electron chi connectivity index (χ2n) is 4.09. The normalized spacial score (nSPS) is 12.6. The largest absolute Gasteiger partial charge is 0.306 e. The van der Waals surface area contributed by atoms with Crippen LogP contribution in [0.1, 0.15) is 30.5 Å². The molecule has 1 unspecified atom stereocenters. The second kappa shape index (κ2) is 6.32. The van der Waals surface area contributed by atoms with Crippen LogP contribution in [0.15, 0.2) is 35.0 Å². The van der Waals surface area contributed by atoms with Crippen LogP contribution in [0.3, 0.4) is 0 Å². The molecule has 0 amide bonds. The molecule has 4 heteroatoms. The highest BCUT2D eigenvalue weighted by Crippen LogP contribution is 2.29. The molecule has 2 aromatic rings. The fourth-order valence-corrected chi connectivity index (χ4v) is 2.75. The third kappa shape index (κ3) is 2.91. The summed E-state index contributed by atoms with van der Waals surface area (Å²) in [5, 5.41) is 7.57. The molecule has 96 valence electrons. The summed E-state index contributed by atoms with van der Waals surface area (Å²) in [4.78, 5) is 0. The summed E-state index contributed by atoms with van der Waals surface area (Å²) in [5.74, 6) is -0.334. The minimum absolute atomic E-state index is 0.130. The van der Waals surface area contributed by atoms with Crippen molar-refractivity contribution in [1.82, 2.24) is 5.32 Å². The standard InChI is InChI=1S/C14H15ClFNS/c1-2-7-17-14(10-6-8-18-9-10)11-4-3-5-12(15)13(11)16/h3-6,8-9,14,17H,2,7H2,1H3. The average Bonchev–Trinajstić information content (AvgIpc) is 2.88. The molecule has 1 nitrogen and oxygen atoms in total. The third-order valence-electron chi connectivity index (χ3n) is 2.77. The molecular formula is C14H15ClFNS. The monoisotopic (exact) mass is 283 g/mol. The average molecular weight is 284 g/mol. The lowest BCUT2D eigenvalue weighted by atomic mass is 10.0. The van der Waals surface area contributed by atoms with Crippen molar-refractivity contribution in [3.05, 3.63) is 57.0 Å². The fourth-order valence-electron chi connectivity index (χ4n) is 1.88. The summed E-state index contributed by atoms with van der Waals surface area (Å²) in [7, 11) is 0. The van der Waals surface area contributed by atoms with E-state index in [9.17, 15) is 4.39 Å². The summed E-state index contributed by atoms with van der Waals surface area (Å²) in [6.45, 7) is 2.93. The Morgan fingerprint density at radius 2 is 2.22 bits per heavy atom. The molecule has 1 aromatic heterocycles. The maximum atomic E-state index is 14.1. The molecule has 2 rings (SSSR count). The number of hydrogen-bond donors (Lipinski definition) is 1. The Balaban J connectivity index is 2.37. The van der Waals surface area contributed by atoms with Gasteiger partial charge in [-0.15, -0.1) is 0 Å². The topological polar surface area (TPSA) is 12.0 Å². The van der Waals surface area contributed by atoms with Crippen LogP contribution in [0.4, 0.5) is 4.39 Å². The van der Waals surface area contributed by atoms with Gasteiger partial charge in [-0.05, 0) is 41.4 Å². The quantitative estimate of drug-likeness (QED) is 0.844. The molecule has 0 spiro atoms. The molecule has 0 aliphatic rings. The van der Waals surface area contributed by atoms with Gasteiger partial charge in [0.1, 0.15) is 5.82 Å². The fraction of sp³-hybridized carbons (Fsp3) is 0.286. The maximum Gasteiger partial charge on any atom is 0.146 e. The van der Waals surface area contributed by atoms with Crippen molar-refractivity contribution in [3.8, 4) is 0 Å². The molecule has 1 atom stereocenters. The van der Waals surface area contributed by atoms with Gasteiger partial charge in [-0.25, -0.2) is 4.39 Å². The number of benzene rings is 1. The van der Waals surface area contributed by atoms with Crippen molar-refractivity contribution >= 4 is 22.9 Å². The molecule has 1 aromatic carbocycles. The molecule has 18 heavy (non-hydrogen) atoms. The predicted octanol–water partition coefficient (Wildman–Crippen LogP) is 4.63. The summed E-state index contributed by atoms with van der Waals surface area (Å²) < 4.78 is 14.1. The summed E-state index contributed by atoms with van der Waals surface area (Å²) in [5.41, 5.74) is 1.68. The Hall–Kier alpha value is -0.900. The van der Waals surface area contributed by atoms with Crippen LogP contribution >= 0.6 is 22.9 Å². The molecule has 0 aliphatic heterocycles. The zero-order chi connectivity index (χ0) is 13.0. The molecule has 0 saturated carbocycles. The number of nitrogens with one attached hydrogen (secondary N) is 1. The predicted molar refractivity (Wildman–Crippen MR) is 75.9 cm³/mol. The SMILES string of the molecule is CCCNC(c1ccsc1)c1cccc(Cl)c1F. The van der Waals surface area contributed by atoms with E-state index in [1.54, 1.807) is 29.5 Å². The van der Waals surface area contributed by atoms with Crippen LogP contribution in [-0.4, -0.2) is 6.54 Å². The second-order valence-corrected chi connectivity index (χ2v) is 5.27. The smallest absolute Gasteiger partial charge is 0.146 e. The van der Waals surface area contributed by atoms with Crippen LogP contribution < -0.4 is 5.32 Å². The zero-order valence-corrected chi connectivity index (χ0v) is 11.7. The van der Waals surface area contributed by atoms with Crippen LogP contribution in [0.5, 0.6) is 0 Å². The van der Waals surface area contributed by atoms with Crippen molar-refractivity contribution in [2.45, 2.75) is 19.4 Å². The van der Waals surface area contributed by atoms with Gasteiger partial charge in [-0.2, -0.15) is 11.3 Å². The molecule has 0 bridgehead atoms. The van der Waals surface area contributed by atoms with Crippen molar-refractivity contribution in [2.24, 2.45) is 0 Å². The number of rotatable bonds is 5. The first-order valence-corrected chi connectivity index (χ1v) is 7.25. The van der Waals surface area contributed by atoms with E-state index in [1.807, 2.05) is 16.8 Å². The summed E-state index contributed by atoms with van der Waals surface area (Å²) >= 11 is 7.46. The lowest BCUT2D eigenvalue weighted by Crippen LogP contribution is -2.23. The zero-order valence-electron chi connectivity index (χ0n) is 10.1. The Morgan fingerprint density at radius 3 is 2.89 bits per heavy atom. The van der Waals surface area contributed by atoms with E-state index in [0.717, 1.165) is 18.5 Å². The highest BCUT2D eigenvalue weighted by molar-refractivity contribution is 7.08. The van der Waals surface area contributed by atoms with E-state index < -0.39 is 0 Å². The van der Waals surface area contributed by atoms with E-state index in [1.165, 1.54) is 0 Å². The molecule has 0 fully saturated rings. The van der Waals surface area contributed by atoms with Gasteiger partial charge < -0.3 is 5.32 Å². The highest BCUT2D eigenvalue weighted by Gasteiger charge is 2.18. The Labute approximate surface area is 116 Å². The maximum absolute atomic E-state index is 14.1. The van der Waals surface area contributed by atoms with Crippen LogP contribution in [0, 0.1) is 5.82 Å². The third-order valence-corrected chi connectivity index (χ3v) is 3.76. The van der Waals surface area contributed by atoms with E-state index >= 15 is 0 Å². The van der Waals surface area contributed by atoms with E-state index in [0.29, 0.717) is 5.56 Å². The van der Waals surface area contributed by atoms with Crippen LogP contribution in [-0.2, 0) is 0 Å². The van der Waals surface area contributed by atoms with Crippen molar-refractivity contribution in [1.29, 1.82) is 0 Å². The highest BCUT2D eigenvalue weighted by atomic mass is 35.5. The van der Waals surface area contributed by atoms with E-state index in [4.69, 9.17) is 11.6 Å². The first-order valence-electron chi connectivity index (χ1n) is 5.93. The molecule has 0 aliphatic carbocycles. The minimum atomic E-state index is -0.334. The lowest BCUT2D eigenvalue weighted by Gasteiger charge is -2.19. The first-order chi connectivity index (χ1) is 8.74. The number of thiophene rings is 1. The van der Waals surface area contributed by atoms with Gasteiger partial charge in [0.15, 0.2) is 0 Å². The van der Waals surface area contributed by atoms with Gasteiger partial charge >= 0.3 is 0 Å². The Morgan fingerprint density at radius 1 is 1.39 bits per heavy atom. The van der Waals surface area contributed by atoms with Crippen molar-refractivity contribution < 1.29 is 4.39 Å². The first kappa shape index (κ1) is 13.5. The van der Waals surface area contributed by atoms with E-state index in [2.05, 4.69) is 12.2 Å². The Kier molecular flexibility index (Phi) is 4.75. The van der Waals surface area contributed by atoms with Gasteiger partial charge in [0.25, 0.3) is 0 Å². The van der Waals surface area contributed by atoms with Gasteiger partial charge in [0.2, 0.25) is 0 Å². The summed E-state index contributed by atoms with van der Waals surface area (Å²) in [6.07, 6.45) is 1.00. The van der Waals surface area contributed by atoms with Crippen LogP contribution in [0.2, 0.25) is 5.02 Å². The molecular weight excluding hydrogens is 269 g/mol.